The lowest BCUT2D eigenvalue weighted by Gasteiger charge is -2.15. The Hall–Kier alpha value is -2.59. The lowest BCUT2D eigenvalue weighted by molar-refractivity contribution is 0.910. The summed E-state index contributed by atoms with van der Waals surface area (Å²) < 4.78 is 0. The van der Waals surface area contributed by atoms with E-state index in [1.165, 1.54) is 41.5 Å². The summed E-state index contributed by atoms with van der Waals surface area (Å²) in [6.07, 6.45) is 6.66. The highest BCUT2D eigenvalue weighted by Crippen LogP contribution is 2.34. The maximum Gasteiger partial charge on any atom is 0.0994 e. The highest BCUT2D eigenvalue weighted by molar-refractivity contribution is 5.80. The number of benzene rings is 2. The predicted molar refractivity (Wildman–Crippen MR) is 102 cm³/mol. The average Bonchev–Trinajstić information content (AvgIpc) is 3.08. The average molecular weight is 313 g/mol. The molecular formula is C23H23N. The van der Waals surface area contributed by atoms with Crippen molar-refractivity contribution in [2.45, 2.75) is 39.5 Å². The minimum atomic E-state index is 0.733. The Labute approximate surface area is 145 Å². The van der Waals surface area contributed by atoms with Crippen LogP contribution in [-0.2, 0) is 12.8 Å². The maximum absolute atomic E-state index is 9.25. The van der Waals surface area contributed by atoms with Crippen LogP contribution in [0.4, 0.5) is 0 Å². The molecule has 0 unspecified atom stereocenters. The Morgan fingerprint density at radius 1 is 1.25 bits per heavy atom. The summed E-state index contributed by atoms with van der Waals surface area (Å²) in [4.78, 5) is 0. The van der Waals surface area contributed by atoms with Crippen LogP contribution in [0.2, 0.25) is 0 Å². The fraction of sp³-hybridized carbons (Fsp3) is 0.261. The number of hydrogen-bond acceptors (Lipinski definition) is 1. The summed E-state index contributed by atoms with van der Waals surface area (Å²) in [6, 6.07) is 15.0. The van der Waals surface area contributed by atoms with Crippen LogP contribution in [0.25, 0.3) is 11.1 Å². The molecule has 1 heteroatoms. The van der Waals surface area contributed by atoms with E-state index in [0.29, 0.717) is 0 Å². The molecule has 0 saturated carbocycles. The van der Waals surface area contributed by atoms with Gasteiger partial charge in [0.2, 0.25) is 0 Å². The van der Waals surface area contributed by atoms with Gasteiger partial charge in [-0.05, 0) is 84.6 Å². The van der Waals surface area contributed by atoms with E-state index < -0.39 is 0 Å². The second-order valence-corrected chi connectivity index (χ2v) is 6.53. The molecule has 24 heavy (non-hydrogen) atoms. The molecule has 0 radical (unpaired) electrons. The molecule has 2 aromatic carbocycles. The molecule has 0 spiro atoms. The molecule has 0 aromatic heterocycles. The normalized spacial score (nSPS) is 13.5. The van der Waals surface area contributed by atoms with Gasteiger partial charge < -0.3 is 0 Å². The van der Waals surface area contributed by atoms with Crippen LogP contribution in [0.15, 0.2) is 49.1 Å². The molecule has 0 heterocycles. The van der Waals surface area contributed by atoms with Gasteiger partial charge in [0, 0.05) is 0 Å². The van der Waals surface area contributed by atoms with E-state index >= 15 is 0 Å². The van der Waals surface area contributed by atoms with Crippen LogP contribution in [0.5, 0.6) is 0 Å². The van der Waals surface area contributed by atoms with Gasteiger partial charge in [0.25, 0.3) is 0 Å². The van der Waals surface area contributed by atoms with E-state index in [4.69, 9.17) is 0 Å². The number of rotatable bonds is 4. The molecule has 0 N–H and O–H groups in total. The van der Waals surface area contributed by atoms with Crippen LogP contribution in [0.3, 0.4) is 0 Å². The van der Waals surface area contributed by atoms with Crippen LogP contribution < -0.4 is 0 Å². The molecular weight excluding hydrogens is 290 g/mol. The Balaban J connectivity index is 1.88. The third-order valence-electron chi connectivity index (χ3n) is 5.01. The first kappa shape index (κ1) is 16.3. The van der Waals surface area contributed by atoms with Gasteiger partial charge in [0.15, 0.2) is 0 Å². The first-order valence-electron chi connectivity index (χ1n) is 8.59. The topological polar surface area (TPSA) is 23.8 Å². The molecule has 1 nitrogen and oxygen atoms in total. The second-order valence-electron chi connectivity index (χ2n) is 6.53. The van der Waals surface area contributed by atoms with Crippen LogP contribution >= 0.6 is 0 Å². The Kier molecular flexibility index (Phi) is 4.67. The number of nitrogens with zero attached hydrogens (tertiary/aromatic N) is 1. The summed E-state index contributed by atoms with van der Waals surface area (Å²) in [6.45, 7) is 8.36. The second kappa shape index (κ2) is 6.89. The predicted octanol–water partition coefficient (Wildman–Crippen LogP) is 5.86. The van der Waals surface area contributed by atoms with Gasteiger partial charge >= 0.3 is 0 Å². The minimum absolute atomic E-state index is 0.733. The zero-order valence-corrected chi connectivity index (χ0v) is 14.5. The van der Waals surface area contributed by atoms with Crippen LogP contribution in [0, 0.1) is 18.3 Å². The van der Waals surface area contributed by atoms with Crippen molar-refractivity contribution in [2.24, 2.45) is 0 Å². The first-order valence-corrected chi connectivity index (χ1v) is 8.59. The van der Waals surface area contributed by atoms with Gasteiger partial charge in [-0.15, -0.1) is 0 Å². The number of allylic oxidation sites excluding steroid dienone is 3. The molecule has 120 valence electrons. The molecule has 0 atom stereocenters. The van der Waals surface area contributed by atoms with Crippen molar-refractivity contribution in [3.05, 3.63) is 82.4 Å². The van der Waals surface area contributed by atoms with E-state index in [0.717, 1.165) is 28.7 Å². The molecule has 2 aromatic rings. The molecule has 3 rings (SSSR count). The minimum Gasteiger partial charge on any atom is -0.192 e. The Bertz CT molecular complexity index is 862. The lowest BCUT2D eigenvalue weighted by Crippen LogP contribution is -1.95. The molecule has 0 amide bonds. The van der Waals surface area contributed by atoms with E-state index in [9.17, 15) is 5.26 Å². The first-order chi connectivity index (χ1) is 11.6. The summed E-state index contributed by atoms with van der Waals surface area (Å²) >= 11 is 0. The van der Waals surface area contributed by atoms with Gasteiger partial charge in [-0.1, -0.05) is 43.0 Å². The monoisotopic (exact) mass is 313 g/mol. The SMILES string of the molecule is C=C(C/C(=C\C)c1cccc2c1CCC2)c1ccc(C)c(C#N)c1. The number of aryl methyl sites for hydroxylation is 2. The van der Waals surface area contributed by atoms with Crippen molar-refractivity contribution < 1.29 is 0 Å². The fourth-order valence-corrected chi connectivity index (χ4v) is 3.57. The highest BCUT2D eigenvalue weighted by atomic mass is 14.2. The zero-order chi connectivity index (χ0) is 17.1. The quantitative estimate of drug-likeness (QED) is 0.693. The van der Waals surface area contributed by atoms with Crippen molar-refractivity contribution in [3.8, 4) is 6.07 Å². The molecule has 0 bridgehead atoms. The van der Waals surface area contributed by atoms with Crippen LogP contribution in [-0.4, -0.2) is 0 Å². The fourth-order valence-electron chi connectivity index (χ4n) is 3.57. The highest BCUT2D eigenvalue weighted by Gasteiger charge is 2.17. The van der Waals surface area contributed by atoms with Gasteiger partial charge in [-0.25, -0.2) is 0 Å². The lowest BCUT2D eigenvalue weighted by atomic mass is 9.90. The Morgan fingerprint density at radius 2 is 2.08 bits per heavy atom. The van der Waals surface area contributed by atoms with E-state index in [-0.39, 0.29) is 0 Å². The molecule has 0 fully saturated rings. The van der Waals surface area contributed by atoms with Crippen molar-refractivity contribution in [1.29, 1.82) is 5.26 Å². The van der Waals surface area contributed by atoms with E-state index in [1.54, 1.807) is 0 Å². The summed E-state index contributed by atoms with van der Waals surface area (Å²) in [5.74, 6) is 0. The third-order valence-corrected chi connectivity index (χ3v) is 5.01. The van der Waals surface area contributed by atoms with Gasteiger partial charge in [0.1, 0.15) is 0 Å². The largest absolute Gasteiger partial charge is 0.192 e. The zero-order valence-electron chi connectivity index (χ0n) is 14.5. The standard InChI is InChI=1S/C23H23N/c1-4-18(22-9-5-7-19-8-6-10-23(19)22)13-17(3)20-12-11-16(2)21(14-20)15-24/h4-5,7,9,11-12,14H,3,6,8,10,13H2,1-2H3/b18-4+. The van der Waals surface area contributed by atoms with Gasteiger partial charge in [-0.2, -0.15) is 5.26 Å². The van der Waals surface area contributed by atoms with Gasteiger partial charge in [0.05, 0.1) is 11.6 Å². The number of fused-ring (bicyclic) bond motifs is 1. The van der Waals surface area contributed by atoms with E-state index in [1.807, 2.05) is 19.1 Å². The smallest absolute Gasteiger partial charge is 0.0994 e. The number of hydrogen-bond donors (Lipinski definition) is 0. The molecule has 1 aliphatic rings. The van der Waals surface area contributed by atoms with Crippen LogP contribution in [0.1, 0.15) is 53.1 Å². The third kappa shape index (κ3) is 3.05. The summed E-state index contributed by atoms with van der Waals surface area (Å²) in [5, 5.41) is 9.25. The molecule has 1 aliphatic carbocycles. The van der Waals surface area contributed by atoms with E-state index in [2.05, 4.69) is 49.9 Å². The van der Waals surface area contributed by atoms with Crippen molar-refractivity contribution >= 4 is 11.1 Å². The summed E-state index contributed by atoms with van der Waals surface area (Å²) in [7, 11) is 0. The van der Waals surface area contributed by atoms with Crippen molar-refractivity contribution in [3.63, 3.8) is 0 Å². The number of nitriles is 1. The maximum atomic E-state index is 9.25. The molecule has 0 aliphatic heterocycles. The van der Waals surface area contributed by atoms with Crippen molar-refractivity contribution in [1.82, 2.24) is 0 Å². The molecule has 0 saturated heterocycles. The van der Waals surface area contributed by atoms with Gasteiger partial charge in [-0.3, -0.25) is 0 Å². The van der Waals surface area contributed by atoms with Crippen molar-refractivity contribution in [2.75, 3.05) is 0 Å². The summed E-state index contributed by atoms with van der Waals surface area (Å²) in [5.41, 5.74) is 9.59. The Morgan fingerprint density at radius 3 is 2.83 bits per heavy atom.